The predicted octanol–water partition coefficient (Wildman–Crippen LogP) is 5.88. The van der Waals surface area contributed by atoms with E-state index in [0.717, 1.165) is 16.7 Å². The summed E-state index contributed by atoms with van der Waals surface area (Å²) in [5, 5.41) is -0.293. The highest BCUT2D eigenvalue weighted by Crippen LogP contribution is 2.32. The van der Waals surface area contributed by atoms with E-state index in [1.807, 2.05) is 61.5 Å². The molecule has 1 fully saturated rings. The van der Waals surface area contributed by atoms with E-state index >= 15 is 0 Å². The van der Waals surface area contributed by atoms with Crippen LogP contribution < -0.4 is 0 Å². The van der Waals surface area contributed by atoms with Crippen LogP contribution in [0.3, 0.4) is 0 Å². The van der Waals surface area contributed by atoms with E-state index in [0.29, 0.717) is 19.8 Å². The SMILES string of the molecule is C[C@@H]1OC(Br)[C@@H](OCc2ccccc2)[C@H](OCc2ccccc2)[C@@H]1OCc1ccccc1. The van der Waals surface area contributed by atoms with Crippen molar-refractivity contribution in [2.24, 2.45) is 0 Å². The molecule has 3 aromatic rings. The molecule has 0 spiro atoms. The molecule has 4 nitrogen and oxygen atoms in total. The Morgan fingerprint density at radius 2 is 0.969 bits per heavy atom. The number of alkyl halides is 1. The van der Waals surface area contributed by atoms with Crippen LogP contribution in [0.4, 0.5) is 0 Å². The average molecular weight is 497 g/mol. The lowest BCUT2D eigenvalue weighted by molar-refractivity contribution is -0.241. The Labute approximate surface area is 198 Å². The highest BCUT2D eigenvalue weighted by molar-refractivity contribution is 9.09. The van der Waals surface area contributed by atoms with E-state index < -0.39 is 0 Å². The number of rotatable bonds is 9. The van der Waals surface area contributed by atoms with Crippen molar-refractivity contribution in [2.45, 2.75) is 56.2 Å². The molecule has 0 saturated carbocycles. The lowest BCUT2D eigenvalue weighted by Gasteiger charge is -2.43. The van der Waals surface area contributed by atoms with E-state index in [9.17, 15) is 0 Å². The second kappa shape index (κ2) is 11.7. The minimum absolute atomic E-state index is 0.152. The lowest BCUT2D eigenvalue weighted by atomic mass is 10.00. The Hall–Kier alpha value is -2.02. The van der Waals surface area contributed by atoms with E-state index in [1.54, 1.807) is 0 Å². The largest absolute Gasteiger partial charge is 0.368 e. The van der Waals surface area contributed by atoms with Gasteiger partial charge in [0.05, 0.1) is 25.9 Å². The fourth-order valence-corrected chi connectivity index (χ4v) is 4.65. The Balaban J connectivity index is 1.50. The number of hydrogen-bond acceptors (Lipinski definition) is 4. The van der Waals surface area contributed by atoms with Crippen molar-refractivity contribution < 1.29 is 18.9 Å². The highest BCUT2D eigenvalue weighted by Gasteiger charge is 2.45. The Morgan fingerprint density at radius 1 is 0.594 bits per heavy atom. The van der Waals surface area contributed by atoms with Gasteiger partial charge in [0.15, 0.2) is 0 Å². The molecular weight excluding hydrogens is 468 g/mol. The summed E-state index contributed by atoms with van der Waals surface area (Å²) >= 11 is 3.68. The molecule has 0 aliphatic carbocycles. The van der Waals surface area contributed by atoms with Gasteiger partial charge in [-0.15, -0.1) is 0 Å². The third-order valence-electron chi connectivity index (χ3n) is 5.57. The van der Waals surface area contributed by atoms with Crippen molar-refractivity contribution in [3.63, 3.8) is 0 Å². The quantitative estimate of drug-likeness (QED) is 0.346. The smallest absolute Gasteiger partial charge is 0.141 e. The molecule has 32 heavy (non-hydrogen) atoms. The first-order chi connectivity index (χ1) is 15.7. The van der Waals surface area contributed by atoms with E-state index in [1.165, 1.54) is 0 Å². The van der Waals surface area contributed by atoms with Gasteiger partial charge in [-0.25, -0.2) is 0 Å². The molecule has 3 aromatic carbocycles. The van der Waals surface area contributed by atoms with Crippen molar-refractivity contribution in [3.05, 3.63) is 108 Å². The van der Waals surface area contributed by atoms with Crippen molar-refractivity contribution in [1.82, 2.24) is 0 Å². The molecule has 1 aliphatic heterocycles. The van der Waals surface area contributed by atoms with Crippen LogP contribution in [0.5, 0.6) is 0 Å². The van der Waals surface area contributed by atoms with Crippen LogP contribution in [-0.2, 0) is 38.8 Å². The summed E-state index contributed by atoms with van der Waals surface area (Å²) < 4.78 is 25.3. The standard InChI is InChI=1S/C27H29BrO4/c1-20-24(29-17-21-11-5-2-6-12-21)25(30-18-22-13-7-3-8-14-22)26(27(28)32-20)31-19-23-15-9-4-10-16-23/h2-16,20,24-27H,17-19H2,1H3/t20-,24+,25+,26-,27?/m0/s1. The summed E-state index contributed by atoms with van der Waals surface area (Å²) in [5.74, 6) is 0. The lowest BCUT2D eigenvalue weighted by Crippen LogP contribution is -2.57. The molecule has 168 valence electrons. The number of ether oxygens (including phenoxy) is 4. The highest BCUT2D eigenvalue weighted by atomic mass is 79.9. The van der Waals surface area contributed by atoms with Crippen molar-refractivity contribution in [3.8, 4) is 0 Å². The first-order valence-corrected chi connectivity index (χ1v) is 11.9. The summed E-state index contributed by atoms with van der Waals surface area (Å²) in [7, 11) is 0. The summed E-state index contributed by atoms with van der Waals surface area (Å²) in [4.78, 5) is 0. The van der Waals surface area contributed by atoms with E-state index in [2.05, 4.69) is 52.3 Å². The normalized spacial score (nSPS) is 25.5. The van der Waals surface area contributed by atoms with Crippen LogP contribution in [0, 0.1) is 0 Å². The summed E-state index contributed by atoms with van der Waals surface area (Å²) in [6.07, 6.45) is -1.04. The minimum atomic E-state index is -0.323. The van der Waals surface area contributed by atoms with Crippen LogP contribution in [0.1, 0.15) is 23.6 Å². The Kier molecular flexibility index (Phi) is 8.49. The van der Waals surface area contributed by atoms with Crippen molar-refractivity contribution in [1.29, 1.82) is 0 Å². The molecule has 1 aliphatic rings. The zero-order valence-corrected chi connectivity index (χ0v) is 19.8. The van der Waals surface area contributed by atoms with Gasteiger partial charge in [0.2, 0.25) is 0 Å². The van der Waals surface area contributed by atoms with E-state index in [-0.39, 0.29) is 29.4 Å². The topological polar surface area (TPSA) is 36.9 Å². The second-order valence-electron chi connectivity index (χ2n) is 7.98. The molecule has 5 atom stereocenters. The molecule has 0 amide bonds. The fourth-order valence-electron chi connectivity index (χ4n) is 3.85. The zero-order valence-electron chi connectivity index (χ0n) is 18.2. The maximum atomic E-state index is 6.45. The summed E-state index contributed by atoms with van der Waals surface area (Å²) in [6.45, 7) is 3.47. The average Bonchev–Trinajstić information content (AvgIpc) is 2.83. The van der Waals surface area contributed by atoms with Crippen molar-refractivity contribution in [2.75, 3.05) is 0 Å². The number of halogens is 1. The third kappa shape index (κ3) is 6.27. The molecule has 0 aromatic heterocycles. The molecule has 1 unspecified atom stereocenters. The molecule has 4 rings (SSSR count). The van der Waals surface area contributed by atoms with Gasteiger partial charge in [0, 0.05) is 0 Å². The number of hydrogen-bond donors (Lipinski definition) is 0. The monoisotopic (exact) mass is 496 g/mol. The summed E-state index contributed by atoms with van der Waals surface area (Å²) in [5.41, 5.74) is 3.33. The third-order valence-corrected chi connectivity index (χ3v) is 6.31. The maximum Gasteiger partial charge on any atom is 0.141 e. The van der Waals surface area contributed by atoms with Gasteiger partial charge in [0.25, 0.3) is 0 Å². The minimum Gasteiger partial charge on any atom is -0.368 e. The van der Waals surface area contributed by atoms with Gasteiger partial charge in [-0.1, -0.05) is 107 Å². The van der Waals surface area contributed by atoms with E-state index in [4.69, 9.17) is 18.9 Å². The van der Waals surface area contributed by atoms with Crippen LogP contribution in [0.2, 0.25) is 0 Å². The van der Waals surface area contributed by atoms with Gasteiger partial charge >= 0.3 is 0 Å². The van der Waals surface area contributed by atoms with Gasteiger partial charge < -0.3 is 18.9 Å². The van der Waals surface area contributed by atoms with Crippen molar-refractivity contribution >= 4 is 15.9 Å². The van der Waals surface area contributed by atoms with Gasteiger partial charge in [-0.05, 0) is 23.6 Å². The molecule has 0 bridgehead atoms. The predicted molar refractivity (Wildman–Crippen MR) is 128 cm³/mol. The van der Waals surface area contributed by atoms with Crippen LogP contribution >= 0.6 is 15.9 Å². The number of benzene rings is 3. The first kappa shape index (κ1) is 23.1. The van der Waals surface area contributed by atoms with Crippen LogP contribution in [0.25, 0.3) is 0 Å². The molecule has 0 radical (unpaired) electrons. The van der Waals surface area contributed by atoms with Gasteiger partial charge in [0.1, 0.15) is 23.3 Å². The Morgan fingerprint density at radius 3 is 1.41 bits per heavy atom. The first-order valence-electron chi connectivity index (χ1n) is 11.0. The fraction of sp³-hybridized carbons (Fsp3) is 0.333. The van der Waals surface area contributed by atoms with Gasteiger partial charge in [-0.2, -0.15) is 0 Å². The molecular formula is C27H29BrO4. The molecule has 5 heteroatoms. The Bertz CT molecular complexity index is 867. The van der Waals surface area contributed by atoms with Crippen LogP contribution in [-0.4, -0.2) is 29.4 Å². The maximum absolute atomic E-state index is 6.45. The molecule has 1 saturated heterocycles. The molecule has 1 heterocycles. The second-order valence-corrected chi connectivity index (χ2v) is 8.88. The van der Waals surface area contributed by atoms with Gasteiger partial charge in [-0.3, -0.25) is 0 Å². The zero-order chi connectivity index (χ0) is 22.2. The molecule has 0 N–H and O–H groups in total. The summed E-state index contributed by atoms with van der Waals surface area (Å²) in [6, 6.07) is 30.5. The van der Waals surface area contributed by atoms with Crippen LogP contribution in [0.15, 0.2) is 91.0 Å².